The molecule has 0 atom stereocenters. The summed E-state index contributed by atoms with van der Waals surface area (Å²) in [6, 6.07) is 0.647. The summed E-state index contributed by atoms with van der Waals surface area (Å²) in [5.74, 6) is 0.130. The summed E-state index contributed by atoms with van der Waals surface area (Å²) >= 11 is 0. The van der Waals surface area contributed by atoms with Crippen LogP contribution in [-0.4, -0.2) is 86.8 Å². The Hall–Kier alpha value is -0.690. The van der Waals surface area contributed by atoms with Gasteiger partial charge in [0.05, 0.1) is 18.8 Å². The van der Waals surface area contributed by atoms with Crippen LogP contribution in [0.25, 0.3) is 0 Å². The zero-order chi connectivity index (χ0) is 17.4. The molecule has 1 amide bonds. The van der Waals surface area contributed by atoms with Gasteiger partial charge < -0.3 is 20.3 Å². The number of amides is 1. The third kappa shape index (κ3) is 6.67. The van der Waals surface area contributed by atoms with E-state index in [1.807, 2.05) is 7.05 Å². The second-order valence-electron chi connectivity index (χ2n) is 7.39. The van der Waals surface area contributed by atoms with E-state index in [0.29, 0.717) is 31.3 Å². The van der Waals surface area contributed by atoms with Crippen molar-refractivity contribution in [2.45, 2.75) is 57.8 Å². The Balaban J connectivity index is 1.59. The molecule has 0 aromatic rings. The van der Waals surface area contributed by atoms with Gasteiger partial charge in [-0.15, -0.1) is 0 Å². The molecule has 2 saturated heterocycles. The largest absolute Gasteiger partial charge is 0.375 e. The van der Waals surface area contributed by atoms with Crippen molar-refractivity contribution in [1.82, 2.24) is 20.4 Å². The molecule has 6 heteroatoms. The fourth-order valence-corrected chi connectivity index (χ4v) is 3.59. The first-order valence-electron chi connectivity index (χ1n) is 9.61. The van der Waals surface area contributed by atoms with Gasteiger partial charge in [-0.1, -0.05) is 0 Å². The van der Waals surface area contributed by atoms with Gasteiger partial charge in [-0.25, -0.2) is 0 Å². The Labute approximate surface area is 147 Å². The minimum atomic E-state index is 0.130. The second-order valence-corrected chi connectivity index (χ2v) is 7.39. The van der Waals surface area contributed by atoms with Gasteiger partial charge in [0, 0.05) is 45.3 Å². The molecule has 0 aromatic heterocycles. The summed E-state index contributed by atoms with van der Waals surface area (Å²) in [6.07, 6.45) is 5.23. The van der Waals surface area contributed by atoms with Crippen LogP contribution in [0, 0.1) is 0 Å². The van der Waals surface area contributed by atoms with Crippen molar-refractivity contribution in [2.24, 2.45) is 0 Å². The summed E-state index contributed by atoms with van der Waals surface area (Å²) in [4.78, 5) is 16.6. The number of hydrogen-bond acceptors (Lipinski definition) is 5. The predicted molar refractivity (Wildman–Crippen MR) is 97.2 cm³/mol. The van der Waals surface area contributed by atoms with Crippen molar-refractivity contribution in [2.75, 3.05) is 52.9 Å². The monoisotopic (exact) mass is 340 g/mol. The van der Waals surface area contributed by atoms with Gasteiger partial charge in [0.2, 0.25) is 5.91 Å². The third-order valence-corrected chi connectivity index (χ3v) is 5.19. The van der Waals surface area contributed by atoms with Gasteiger partial charge in [0.25, 0.3) is 0 Å². The van der Waals surface area contributed by atoms with Gasteiger partial charge in [0.1, 0.15) is 0 Å². The third-order valence-electron chi connectivity index (χ3n) is 5.19. The minimum absolute atomic E-state index is 0.130. The SMILES string of the molecule is CNCCNC(=O)CN1CCC(OC2CCN(C(C)C)CC2)CC1. The van der Waals surface area contributed by atoms with E-state index >= 15 is 0 Å². The Kier molecular flexibility index (Phi) is 8.45. The number of ether oxygens (including phenoxy) is 1. The predicted octanol–water partition coefficient (Wildman–Crippen LogP) is 0.676. The average Bonchev–Trinajstić information content (AvgIpc) is 2.57. The topological polar surface area (TPSA) is 56.8 Å². The molecule has 0 aliphatic carbocycles. The standard InChI is InChI=1S/C18H36N4O2/c1-15(2)22-12-6-17(7-13-22)24-16-4-10-21(11-5-16)14-18(23)20-9-8-19-3/h15-17,19H,4-14H2,1-3H3,(H,20,23). The maximum atomic E-state index is 11.9. The minimum Gasteiger partial charge on any atom is -0.375 e. The van der Waals surface area contributed by atoms with Crippen LogP contribution in [0.5, 0.6) is 0 Å². The normalized spacial score (nSPS) is 22.2. The summed E-state index contributed by atoms with van der Waals surface area (Å²) in [7, 11) is 1.89. The van der Waals surface area contributed by atoms with Gasteiger partial charge >= 0.3 is 0 Å². The lowest BCUT2D eigenvalue weighted by atomic mass is 10.0. The van der Waals surface area contributed by atoms with Crippen molar-refractivity contribution in [3.05, 3.63) is 0 Å². The zero-order valence-corrected chi connectivity index (χ0v) is 15.7. The summed E-state index contributed by atoms with van der Waals surface area (Å²) < 4.78 is 6.33. The molecule has 2 rings (SSSR count). The lowest BCUT2D eigenvalue weighted by Crippen LogP contribution is -2.46. The van der Waals surface area contributed by atoms with E-state index < -0.39 is 0 Å². The molecule has 0 bridgehead atoms. The number of carbonyl (C=O) groups excluding carboxylic acids is 1. The van der Waals surface area contributed by atoms with Gasteiger partial charge in [-0.05, 0) is 46.6 Å². The zero-order valence-electron chi connectivity index (χ0n) is 15.7. The van der Waals surface area contributed by atoms with E-state index in [1.165, 1.54) is 0 Å². The first-order valence-corrected chi connectivity index (χ1v) is 9.61. The molecule has 6 nitrogen and oxygen atoms in total. The highest BCUT2D eigenvalue weighted by Crippen LogP contribution is 2.21. The first kappa shape index (κ1) is 19.6. The van der Waals surface area contributed by atoms with Crippen molar-refractivity contribution in [3.8, 4) is 0 Å². The van der Waals surface area contributed by atoms with E-state index in [2.05, 4.69) is 34.3 Å². The molecule has 0 saturated carbocycles. The number of piperidine rings is 2. The molecule has 2 aliphatic heterocycles. The summed E-state index contributed by atoms with van der Waals surface area (Å²) in [5.41, 5.74) is 0. The van der Waals surface area contributed by atoms with E-state index in [0.717, 1.165) is 58.4 Å². The average molecular weight is 341 g/mol. The van der Waals surface area contributed by atoms with E-state index in [4.69, 9.17) is 4.74 Å². The van der Waals surface area contributed by atoms with Crippen molar-refractivity contribution >= 4 is 5.91 Å². The van der Waals surface area contributed by atoms with E-state index in [-0.39, 0.29) is 5.91 Å². The van der Waals surface area contributed by atoms with E-state index in [9.17, 15) is 4.79 Å². The number of likely N-dealkylation sites (tertiary alicyclic amines) is 2. The molecule has 0 aromatic carbocycles. The number of nitrogens with one attached hydrogen (secondary N) is 2. The summed E-state index contributed by atoms with van der Waals surface area (Å²) in [6.45, 7) is 10.8. The second kappa shape index (κ2) is 10.3. The van der Waals surface area contributed by atoms with Crippen LogP contribution in [0.2, 0.25) is 0 Å². The number of hydrogen-bond donors (Lipinski definition) is 2. The Morgan fingerprint density at radius 1 is 1.04 bits per heavy atom. The molecular weight excluding hydrogens is 304 g/mol. The van der Waals surface area contributed by atoms with Crippen molar-refractivity contribution in [3.63, 3.8) is 0 Å². The lowest BCUT2D eigenvalue weighted by molar-refractivity contribution is -0.123. The quantitative estimate of drug-likeness (QED) is 0.636. The fourth-order valence-electron chi connectivity index (χ4n) is 3.59. The number of likely N-dealkylation sites (N-methyl/N-ethyl adjacent to an activating group) is 1. The highest BCUT2D eigenvalue weighted by Gasteiger charge is 2.26. The van der Waals surface area contributed by atoms with Crippen LogP contribution in [0.3, 0.4) is 0 Å². The van der Waals surface area contributed by atoms with Crippen LogP contribution < -0.4 is 10.6 Å². The molecular formula is C18H36N4O2. The molecule has 2 N–H and O–H groups in total. The van der Waals surface area contributed by atoms with Crippen LogP contribution >= 0.6 is 0 Å². The van der Waals surface area contributed by atoms with Crippen molar-refractivity contribution in [1.29, 1.82) is 0 Å². The highest BCUT2D eigenvalue weighted by atomic mass is 16.5. The Bertz CT molecular complexity index is 362. The van der Waals surface area contributed by atoms with Gasteiger partial charge in [-0.2, -0.15) is 0 Å². The van der Waals surface area contributed by atoms with Crippen LogP contribution in [0.15, 0.2) is 0 Å². The highest BCUT2D eigenvalue weighted by molar-refractivity contribution is 5.78. The maximum absolute atomic E-state index is 11.9. The molecule has 0 radical (unpaired) electrons. The molecule has 0 unspecified atom stereocenters. The first-order chi connectivity index (χ1) is 11.6. The lowest BCUT2D eigenvalue weighted by Gasteiger charge is -2.38. The smallest absolute Gasteiger partial charge is 0.234 e. The Morgan fingerprint density at radius 2 is 1.62 bits per heavy atom. The summed E-state index contributed by atoms with van der Waals surface area (Å²) in [5, 5.41) is 5.97. The van der Waals surface area contributed by atoms with Gasteiger partial charge in [0.15, 0.2) is 0 Å². The number of nitrogens with zero attached hydrogens (tertiary/aromatic N) is 2. The molecule has 2 heterocycles. The number of carbonyl (C=O) groups is 1. The van der Waals surface area contributed by atoms with Gasteiger partial charge in [-0.3, -0.25) is 9.69 Å². The molecule has 140 valence electrons. The van der Waals surface area contributed by atoms with Crippen molar-refractivity contribution < 1.29 is 9.53 Å². The van der Waals surface area contributed by atoms with Crippen LogP contribution in [-0.2, 0) is 9.53 Å². The maximum Gasteiger partial charge on any atom is 0.234 e. The molecule has 24 heavy (non-hydrogen) atoms. The van der Waals surface area contributed by atoms with Crippen LogP contribution in [0.1, 0.15) is 39.5 Å². The van der Waals surface area contributed by atoms with E-state index in [1.54, 1.807) is 0 Å². The number of rotatable bonds is 8. The molecule has 2 fully saturated rings. The van der Waals surface area contributed by atoms with Crippen LogP contribution in [0.4, 0.5) is 0 Å². The Morgan fingerprint density at radius 3 is 2.17 bits per heavy atom. The fraction of sp³-hybridized carbons (Fsp3) is 0.944. The molecule has 0 spiro atoms. The molecule has 2 aliphatic rings.